The number of ether oxygens (including phenoxy) is 2. The van der Waals surface area contributed by atoms with Crippen LogP contribution in [0.3, 0.4) is 0 Å². The molecule has 0 saturated carbocycles. The average Bonchev–Trinajstić information content (AvgIpc) is 2.67. The molecule has 5 nitrogen and oxygen atoms in total. The SMILES string of the molecule is CCOc1ccccc1CNC(=O)N1CCCOC(C)(C)C1. The van der Waals surface area contributed by atoms with Gasteiger partial charge < -0.3 is 19.7 Å². The topological polar surface area (TPSA) is 50.8 Å². The van der Waals surface area contributed by atoms with Gasteiger partial charge in [-0.3, -0.25) is 0 Å². The number of hydrogen-bond donors (Lipinski definition) is 1. The van der Waals surface area contributed by atoms with Crippen LogP contribution < -0.4 is 10.1 Å². The minimum Gasteiger partial charge on any atom is -0.494 e. The minimum absolute atomic E-state index is 0.0510. The molecule has 1 saturated heterocycles. The Morgan fingerprint density at radius 3 is 2.95 bits per heavy atom. The first-order valence-electron chi connectivity index (χ1n) is 7.89. The van der Waals surface area contributed by atoms with E-state index in [4.69, 9.17) is 9.47 Å². The standard InChI is InChI=1S/C17H26N2O3/c1-4-21-15-9-6-5-8-14(15)12-18-16(20)19-10-7-11-22-17(2,3)13-19/h5-6,8-9H,4,7,10-13H2,1-3H3,(H,18,20). The predicted molar refractivity (Wildman–Crippen MR) is 86.1 cm³/mol. The van der Waals surface area contributed by atoms with Crippen LogP contribution in [0, 0.1) is 0 Å². The summed E-state index contributed by atoms with van der Waals surface area (Å²) in [6, 6.07) is 7.73. The molecule has 0 atom stereocenters. The van der Waals surface area contributed by atoms with Gasteiger partial charge in [0.15, 0.2) is 0 Å². The summed E-state index contributed by atoms with van der Waals surface area (Å²) in [7, 11) is 0. The average molecular weight is 306 g/mol. The molecule has 0 bridgehead atoms. The Kier molecular flexibility index (Phi) is 5.66. The van der Waals surface area contributed by atoms with Crippen molar-refractivity contribution in [2.24, 2.45) is 0 Å². The lowest BCUT2D eigenvalue weighted by molar-refractivity contribution is -0.0132. The highest BCUT2D eigenvalue weighted by molar-refractivity contribution is 5.74. The highest BCUT2D eigenvalue weighted by Crippen LogP contribution is 2.19. The molecular weight excluding hydrogens is 280 g/mol. The molecule has 1 N–H and O–H groups in total. The van der Waals surface area contributed by atoms with E-state index < -0.39 is 0 Å². The highest BCUT2D eigenvalue weighted by Gasteiger charge is 2.28. The molecule has 0 unspecified atom stereocenters. The van der Waals surface area contributed by atoms with E-state index in [2.05, 4.69) is 5.32 Å². The van der Waals surface area contributed by atoms with Crippen molar-refractivity contribution in [2.75, 3.05) is 26.3 Å². The molecule has 0 aliphatic carbocycles. The number of carbonyl (C=O) groups excluding carboxylic acids is 1. The number of amides is 2. The molecule has 1 aliphatic rings. The highest BCUT2D eigenvalue weighted by atomic mass is 16.5. The summed E-state index contributed by atoms with van der Waals surface area (Å²) < 4.78 is 11.3. The van der Waals surface area contributed by atoms with Gasteiger partial charge in [-0.15, -0.1) is 0 Å². The van der Waals surface area contributed by atoms with Gasteiger partial charge in [0.25, 0.3) is 0 Å². The lowest BCUT2D eigenvalue weighted by Crippen LogP contribution is -2.46. The van der Waals surface area contributed by atoms with E-state index in [9.17, 15) is 4.79 Å². The van der Waals surface area contributed by atoms with E-state index in [0.717, 1.165) is 24.3 Å². The summed E-state index contributed by atoms with van der Waals surface area (Å²) in [6.07, 6.45) is 0.867. The summed E-state index contributed by atoms with van der Waals surface area (Å²) in [5.74, 6) is 0.824. The number of benzene rings is 1. The van der Waals surface area contributed by atoms with E-state index >= 15 is 0 Å². The Morgan fingerprint density at radius 1 is 1.41 bits per heavy atom. The van der Waals surface area contributed by atoms with Crippen molar-refractivity contribution in [3.8, 4) is 5.75 Å². The maximum Gasteiger partial charge on any atom is 0.317 e. The molecule has 0 radical (unpaired) electrons. The van der Waals surface area contributed by atoms with Crippen molar-refractivity contribution in [1.82, 2.24) is 10.2 Å². The first-order chi connectivity index (χ1) is 10.5. The lowest BCUT2D eigenvalue weighted by atomic mass is 10.1. The molecule has 1 aromatic carbocycles. The van der Waals surface area contributed by atoms with Gasteiger partial charge in [-0.1, -0.05) is 18.2 Å². The molecule has 0 aromatic heterocycles. The number of rotatable bonds is 4. The van der Waals surface area contributed by atoms with Gasteiger partial charge in [0.2, 0.25) is 0 Å². The smallest absolute Gasteiger partial charge is 0.317 e. The van der Waals surface area contributed by atoms with Crippen LogP contribution in [-0.4, -0.2) is 42.8 Å². The normalized spacial score (nSPS) is 17.7. The van der Waals surface area contributed by atoms with Gasteiger partial charge in [-0.25, -0.2) is 4.79 Å². The summed E-state index contributed by atoms with van der Waals surface area (Å²) >= 11 is 0. The van der Waals surface area contributed by atoms with Gasteiger partial charge in [-0.2, -0.15) is 0 Å². The lowest BCUT2D eigenvalue weighted by Gasteiger charge is -2.29. The number of hydrogen-bond acceptors (Lipinski definition) is 3. The summed E-state index contributed by atoms with van der Waals surface area (Å²) in [6.45, 7) is 9.09. The second-order valence-corrected chi connectivity index (χ2v) is 6.08. The molecule has 0 spiro atoms. The fraction of sp³-hybridized carbons (Fsp3) is 0.588. The fourth-order valence-corrected chi connectivity index (χ4v) is 2.59. The molecule has 1 heterocycles. The van der Waals surface area contributed by atoms with Crippen LogP contribution in [0.5, 0.6) is 5.75 Å². The van der Waals surface area contributed by atoms with Crippen LogP contribution in [-0.2, 0) is 11.3 Å². The van der Waals surface area contributed by atoms with Gasteiger partial charge in [0.1, 0.15) is 5.75 Å². The van der Waals surface area contributed by atoms with Crippen LogP contribution in [0.1, 0.15) is 32.8 Å². The van der Waals surface area contributed by atoms with Gasteiger partial charge in [0.05, 0.1) is 18.8 Å². The summed E-state index contributed by atoms with van der Waals surface area (Å²) in [5, 5.41) is 2.98. The van der Waals surface area contributed by atoms with Crippen molar-refractivity contribution >= 4 is 6.03 Å². The van der Waals surface area contributed by atoms with Crippen molar-refractivity contribution in [3.63, 3.8) is 0 Å². The van der Waals surface area contributed by atoms with Gasteiger partial charge in [0, 0.05) is 25.3 Å². The van der Waals surface area contributed by atoms with Crippen molar-refractivity contribution in [3.05, 3.63) is 29.8 Å². The molecular formula is C17H26N2O3. The molecule has 122 valence electrons. The third-order valence-corrected chi connectivity index (χ3v) is 3.63. The Morgan fingerprint density at radius 2 is 2.18 bits per heavy atom. The molecule has 1 aliphatic heterocycles. The monoisotopic (exact) mass is 306 g/mol. The van der Waals surface area contributed by atoms with E-state index in [1.165, 1.54) is 0 Å². The quantitative estimate of drug-likeness (QED) is 0.930. The third kappa shape index (κ3) is 4.63. The zero-order chi connectivity index (χ0) is 16.0. The minimum atomic E-state index is -0.295. The Hall–Kier alpha value is -1.75. The second-order valence-electron chi connectivity index (χ2n) is 6.08. The van der Waals surface area contributed by atoms with Crippen LogP contribution >= 0.6 is 0 Å². The fourth-order valence-electron chi connectivity index (χ4n) is 2.59. The molecule has 22 heavy (non-hydrogen) atoms. The maximum atomic E-state index is 12.4. The number of urea groups is 1. The maximum absolute atomic E-state index is 12.4. The van der Waals surface area contributed by atoms with Crippen LogP contribution in [0.4, 0.5) is 4.79 Å². The second kappa shape index (κ2) is 7.49. The third-order valence-electron chi connectivity index (χ3n) is 3.63. The summed E-state index contributed by atoms with van der Waals surface area (Å²) in [5.41, 5.74) is 0.694. The zero-order valence-electron chi connectivity index (χ0n) is 13.7. The summed E-state index contributed by atoms with van der Waals surface area (Å²) in [4.78, 5) is 14.2. The number of carbonyl (C=O) groups is 1. The van der Waals surface area contributed by atoms with E-state index in [1.807, 2.05) is 49.9 Å². The molecule has 1 aromatic rings. The van der Waals surface area contributed by atoms with Gasteiger partial charge in [-0.05, 0) is 33.3 Å². The number of nitrogens with one attached hydrogen (secondary N) is 1. The van der Waals surface area contributed by atoms with Crippen molar-refractivity contribution in [2.45, 2.75) is 39.3 Å². The largest absolute Gasteiger partial charge is 0.494 e. The Labute approximate surface area is 132 Å². The molecule has 5 heteroatoms. The molecule has 2 amide bonds. The molecule has 1 fully saturated rings. The first-order valence-corrected chi connectivity index (χ1v) is 7.89. The zero-order valence-corrected chi connectivity index (χ0v) is 13.7. The number of nitrogens with zero attached hydrogens (tertiary/aromatic N) is 1. The Balaban J connectivity index is 1.95. The van der Waals surface area contributed by atoms with E-state index in [-0.39, 0.29) is 11.6 Å². The predicted octanol–water partition coefficient (Wildman–Crippen LogP) is 2.80. The first kappa shape index (κ1) is 16.6. The number of para-hydroxylation sites is 1. The molecule has 2 rings (SSSR count). The Bertz CT molecular complexity index is 502. The van der Waals surface area contributed by atoms with Crippen LogP contribution in [0.2, 0.25) is 0 Å². The van der Waals surface area contributed by atoms with E-state index in [0.29, 0.717) is 26.3 Å². The van der Waals surface area contributed by atoms with E-state index in [1.54, 1.807) is 0 Å². The van der Waals surface area contributed by atoms with Crippen molar-refractivity contribution in [1.29, 1.82) is 0 Å². The van der Waals surface area contributed by atoms with Crippen LogP contribution in [0.25, 0.3) is 0 Å². The van der Waals surface area contributed by atoms with Crippen LogP contribution in [0.15, 0.2) is 24.3 Å². The van der Waals surface area contributed by atoms with Crippen molar-refractivity contribution < 1.29 is 14.3 Å². The van der Waals surface area contributed by atoms with Gasteiger partial charge >= 0.3 is 6.03 Å².